The van der Waals surface area contributed by atoms with Crippen LogP contribution in [0.4, 0.5) is 4.39 Å². The third-order valence-corrected chi connectivity index (χ3v) is 2.45. The van der Waals surface area contributed by atoms with Crippen molar-refractivity contribution in [1.82, 2.24) is 0 Å². The van der Waals surface area contributed by atoms with E-state index >= 15 is 0 Å². The van der Waals surface area contributed by atoms with Crippen molar-refractivity contribution in [3.8, 4) is 0 Å². The number of hydrogen-bond acceptors (Lipinski definition) is 1. The van der Waals surface area contributed by atoms with E-state index in [9.17, 15) is 4.39 Å². The summed E-state index contributed by atoms with van der Waals surface area (Å²) in [5.41, 5.74) is 0.349. The Morgan fingerprint density at radius 2 is 2.23 bits per heavy atom. The molecule has 1 N–H and O–H groups in total. The zero-order chi connectivity index (χ0) is 9.84. The van der Waals surface area contributed by atoms with E-state index in [4.69, 9.17) is 16.7 Å². The van der Waals surface area contributed by atoms with E-state index in [-0.39, 0.29) is 11.6 Å². The number of benzene rings is 1. The van der Waals surface area contributed by atoms with Crippen molar-refractivity contribution in [1.29, 1.82) is 0 Å². The molecule has 0 unspecified atom stereocenters. The van der Waals surface area contributed by atoms with Crippen LogP contribution in [-0.4, -0.2) is 11.7 Å². The van der Waals surface area contributed by atoms with Crippen molar-refractivity contribution in [3.63, 3.8) is 0 Å². The Hall–Kier alpha value is -0.380. The largest absolute Gasteiger partial charge is 0.392 e. The highest BCUT2D eigenvalue weighted by Crippen LogP contribution is 2.26. The minimum Gasteiger partial charge on any atom is -0.392 e. The van der Waals surface area contributed by atoms with Crippen molar-refractivity contribution < 1.29 is 9.50 Å². The molecule has 0 heterocycles. The van der Waals surface area contributed by atoms with Gasteiger partial charge in [-0.25, -0.2) is 4.39 Å². The molecule has 1 rings (SSSR count). The fourth-order valence-electron chi connectivity index (χ4n) is 0.866. The highest BCUT2D eigenvalue weighted by Gasteiger charge is 2.07. The highest BCUT2D eigenvalue weighted by molar-refractivity contribution is 9.10. The first-order chi connectivity index (χ1) is 6.16. The summed E-state index contributed by atoms with van der Waals surface area (Å²) in [5, 5.41) is 8.59. The lowest BCUT2D eigenvalue weighted by Gasteiger charge is -2.01. The average Bonchev–Trinajstić information content (AvgIpc) is 2.12. The Morgan fingerprint density at radius 3 is 2.85 bits per heavy atom. The van der Waals surface area contributed by atoms with Gasteiger partial charge in [0.1, 0.15) is 5.82 Å². The van der Waals surface area contributed by atoms with Gasteiger partial charge >= 0.3 is 0 Å². The Kier molecular flexibility index (Phi) is 3.90. The smallest absolute Gasteiger partial charge is 0.150 e. The quantitative estimate of drug-likeness (QED) is 0.814. The van der Waals surface area contributed by atoms with Crippen LogP contribution in [0.2, 0.25) is 5.02 Å². The molecule has 0 spiro atoms. The van der Waals surface area contributed by atoms with E-state index in [1.54, 1.807) is 6.07 Å². The molecule has 70 valence electrons. The molecule has 1 aromatic carbocycles. The predicted molar refractivity (Wildman–Crippen MR) is 55.2 cm³/mol. The molecule has 0 aliphatic heterocycles. The van der Waals surface area contributed by atoms with E-state index in [1.807, 2.05) is 0 Å². The fraction of sp³-hybridized carbons (Fsp3) is 0.111. The van der Waals surface area contributed by atoms with Gasteiger partial charge in [0.15, 0.2) is 0 Å². The van der Waals surface area contributed by atoms with Crippen LogP contribution in [0.15, 0.2) is 22.7 Å². The summed E-state index contributed by atoms with van der Waals surface area (Å²) < 4.78 is 13.9. The summed E-state index contributed by atoms with van der Waals surface area (Å²) in [6, 6.07) is 3.12. The maximum Gasteiger partial charge on any atom is 0.150 e. The molecule has 13 heavy (non-hydrogen) atoms. The van der Waals surface area contributed by atoms with E-state index in [1.165, 1.54) is 18.2 Å². The molecular formula is C9H7BrClFO. The van der Waals surface area contributed by atoms with Crippen LogP contribution in [0.3, 0.4) is 0 Å². The van der Waals surface area contributed by atoms with E-state index in [2.05, 4.69) is 15.9 Å². The zero-order valence-corrected chi connectivity index (χ0v) is 8.94. The van der Waals surface area contributed by atoms with Crippen molar-refractivity contribution in [2.75, 3.05) is 6.61 Å². The molecule has 0 aliphatic carbocycles. The second-order valence-corrected chi connectivity index (χ2v) is 3.60. The summed E-state index contributed by atoms with van der Waals surface area (Å²) in [4.78, 5) is 0. The second-order valence-electron chi connectivity index (χ2n) is 2.34. The normalized spacial score (nSPS) is 11.1. The van der Waals surface area contributed by atoms with Gasteiger partial charge < -0.3 is 5.11 Å². The Labute approximate surface area is 89.0 Å². The molecule has 1 aromatic rings. The molecule has 1 nitrogen and oxygen atoms in total. The Morgan fingerprint density at radius 1 is 1.54 bits per heavy atom. The lowest BCUT2D eigenvalue weighted by Crippen LogP contribution is -1.86. The van der Waals surface area contributed by atoms with Gasteiger partial charge in [0.2, 0.25) is 0 Å². The molecule has 0 saturated heterocycles. The fourth-order valence-corrected chi connectivity index (χ4v) is 1.47. The second kappa shape index (κ2) is 4.74. The van der Waals surface area contributed by atoms with Crippen molar-refractivity contribution in [2.24, 2.45) is 0 Å². The molecular weight excluding hydrogens is 258 g/mol. The van der Waals surface area contributed by atoms with Crippen LogP contribution < -0.4 is 0 Å². The molecule has 0 fully saturated rings. The van der Waals surface area contributed by atoms with Gasteiger partial charge in [-0.05, 0) is 12.1 Å². The number of hydrogen-bond donors (Lipinski definition) is 1. The van der Waals surface area contributed by atoms with Crippen molar-refractivity contribution >= 4 is 33.6 Å². The maximum absolute atomic E-state index is 13.3. The minimum atomic E-state index is -0.485. The third kappa shape index (κ3) is 2.53. The molecule has 0 saturated carbocycles. The van der Waals surface area contributed by atoms with Crippen LogP contribution >= 0.6 is 27.5 Å². The van der Waals surface area contributed by atoms with Gasteiger partial charge in [0.25, 0.3) is 0 Å². The highest BCUT2D eigenvalue weighted by atomic mass is 79.9. The summed E-state index contributed by atoms with van der Waals surface area (Å²) >= 11 is 8.75. The van der Waals surface area contributed by atoms with Gasteiger partial charge in [-0.3, -0.25) is 0 Å². The summed E-state index contributed by atoms with van der Waals surface area (Å²) in [7, 11) is 0. The number of halogens is 3. The van der Waals surface area contributed by atoms with Crippen molar-refractivity contribution in [3.05, 3.63) is 39.1 Å². The standard InChI is InChI=1S/C9H7BrClFO/c10-7-3-4-8(11)9(12)6(7)2-1-5-13/h1-4,13H,5H2/b2-1+. The molecule has 0 aliphatic rings. The first kappa shape index (κ1) is 10.7. The molecule has 0 radical (unpaired) electrons. The lowest BCUT2D eigenvalue weighted by molar-refractivity contribution is 0.343. The van der Waals surface area contributed by atoms with Crippen LogP contribution in [0.5, 0.6) is 0 Å². The van der Waals surface area contributed by atoms with Gasteiger partial charge in [0.05, 0.1) is 11.6 Å². The van der Waals surface area contributed by atoms with E-state index in [0.29, 0.717) is 10.0 Å². The van der Waals surface area contributed by atoms with Crippen molar-refractivity contribution in [2.45, 2.75) is 0 Å². The van der Waals surface area contributed by atoms with Gasteiger partial charge in [-0.15, -0.1) is 0 Å². The minimum absolute atomic E-state index is 0.0702. The topological polar surface area (TPSA) is 20.2 Å². The van der Waals surface area contributed by atoms with Crippen LogP contribution in [0.25, 0.3) is 6.08 Å². The van der Waals surface area contributed by atoms with Crippen LogP contribution in [0.1, 0.15) is 5.56 Å². The Balaban J connectivity index is 3.17. The molecule has 0 amide bonds. The van der Waals surface area contributed by atoms with E-state index in [0.717, 1.165) is 0 Å². The zero-order valence-electron chi connectivity index (χ0n) is 6.60. The van der Waals surface area contributed by atoms with Gasteiger partial charge in [0, 0.05) is 10.0 Å². The molecule has 0 bridgehead atoms. The number of aliphatic hydroxyl groups excluding tert-OH is 1. The summed E-state index contributed by atoms with van der Waals surface area (Å²) in [6.07, 6.45) is 2.92. The third-order valence-electron chi connectivity index (χ3n) is 1.47. The predicted octanol–water partition coefficient (Wildman–Crippen LogP) is 3.25. The van der Waals surface area contributed by atoms with E-state index < -0.39 is 5.82 Å². The first-order valence-electron chi connectivity index (χ1n) is 3.57. The monoisotopic (exact) mass is 264 g/mol. The molecule has 4 heteroatoms. The number of rotatable bonds is 2. The summed E-state index contributed by atoms with van der Waals surface area (Å²) in [6.45, 7) is -0.127. The first-order valence-corrected chi connectivity index (χ1v) is 4.75. The SMILES string of the molecule is OC/C=C/c1c(Br)ccc(Cl)c1F. The van der Waals surface area contributed by atoms with Gasteiger partial charge in [-0.1, -0.05) is 39.7 Å². The van der Waals surface area contributed by atoms with Crippen LogP contribution in [-0.2, 0) is 0 Å². The molecule has 0 atom stereocenters. The number of aliphatic hydroxyl groups is 1. The maximum atomic E-state index is 13.3. The average molecular weight is 266 g/mol. The summed E-state index contributed by atoms with van der Waals surface area (Å²) in [5.74, 6) is -0.485. The van der Waals surface area contributed by atoms with Crippen LogP contribution in [0, 0.1) is 5.82 Å². The molecule has 0 aromatic heterocycles. The lowest BCUT2D eigenvalue weighted by atomic mass is 10.2. The Bertz CT molecular complexity index is 339. The van der Waals surface area contributed by atoms with Gasteiger partial charge in [-0.2, -0.15) is 0 Å².